The summed E-state index contributed by atoms with van der Waals surface area (Å²) in [5.74, 6) is 5.90. The molecule has 3 nitrogen and oxygen atoms in total. The number of aliphatic hydroxyl groups excluding tert-OH is 1. The minimum absolute atomic E-state index is 0.117. The molecule has 0 aliphatic rings. The second kappa shape index (κ2) is 9.20. The molecule has 4 heteroatoms. The molecular formula is C13H18O3S. The molecule has 0 aliphatic heterocycles. The van der Waals surface area contributed by atoms with Crippen LogP contribution >= 0.6 is 11.3 Å². The molecule has 0 amide bonds. The number of rotatable bonds is 7. The van der Waals surface area contributed by atoms with E-state index in [0.29, 0.717) is 26.2 Å². The predicted molar refractivity (Wildman–Crippen MR) is 69.0 cm³/mol. The van der Waals surface area contributed by atoms with Crippen molar-refractivity contribution in [3.63, 3.8) is 0 Å². The zero-order valence-corrected chi connectivity index (χ0v) is 10.9. The second-order valence-electron chi connectivity index (χ2n) is 3.29. The van der Waals surface area contributed by atoms with Gasteiger partial charge in [-0.2, -0.15) is 0 Å². The number of ether oxygens (including phenoxy) is 2. The van der Waals surface area contributed by atoms with Crippen molar-refractivity contribution >= 4 is 11.3 Å². The van der Waals surface area contributed by atoms with Crippen LogP contribution in [0.1, 0.15) is 23.1 Å². The Morgan fingerprint density at radius 1 is 1.29 bits per heavy atom. The summed E-state index contributed by atoms with van der Waals surface area (Å²) < 4.78 is 10.6. The molecule has 94 valence electrons. The highest BCUT2D eigenvalue weighted by Gasteiger charge is 1.98. The number of hydrogen-bond donors (Lipinski definition) is 1. The molecule has 1 aromatic heterocycles. The molecule has 17 heavy (non-hydrogen) atoms. The summed E-state index contributed by atoms with van der Waals surface area (Å²) in [7, 11) is 0. The molecule has 1 N–H and O–H groups in total. The van der Waals surface area contributed by atoms with Crippen molar-refractivity contribution in [2.45, 2.75) is 20.0 Å². The molecule has 0 saturated carbocycles. The van der Waals surface area contributed by atoms with Crippen LogP contribution in [0.3, 0.4) is 0 Å². The number of hydrogen-bond acceptors (Lipinski definition) is 4. The minimum Gasteiger partial charge on any atom is -0.395 e. The first-order chi connectivity index (χ1) is 8.36. The topological polar surface area (TPSA) is 38.7 Å². The van der Waals surface area contributed by atoms with Gasteiger partial charge in [-0.25, -0.2) is 0 Å². The van der Waals surface area contributed by atoms with Gasteiger partial charge in [0.25, 0.3) is 0 Å². The zero-order chi connectivity index (χ0) is 12.3. The van der Waals surface area contributed by atoms with E-state index in [2.05, 4.69) is 11.8 Å². The Balaban J connectivity index is 2.24. The highest BCUT2D eigenvalue weighted by Crippen LogP contribution is 2.16. The van der Waals surface area contributed by atoms with Gasteiger partial charge < -0.3 is 14.6 Å². The van der Waals surface area contributed by atoms with Crippen LogP contribution in [0.25, 0.3) is 0 Å². The van der Waals surface area contributed by atoms with E-state index in [1.165, 1.54) is 0 Å². The Kier molecular flexibility index (Phi) is 7.69. The lowest BCUT2D eigenvalue weighted by Crippen LogP contribution is -2.03. The summed E-state index contributed by atoms with van der Waals surface area (Å²) in [5, 5.41) is 8.61. The van der Waals surface area contributed by atoms with Crippen LogP contribution in [0, 0.1) is 11.8 Å². The molecule has 0 fully saturated rings. The van der Waals surface area contributed by atoms with E-state index >= 15 is 0 Å². The largest absolute Gasteiger partial charge is 0.395 e. The van der Waals surface area contributed by atoms with Crippen molar-refractivity contribution in [2.24, 2.45) is 0 Å². The summed E-state index contributed by atoms with van der Waals surface area (Å²) in [6.45, 7) is 4.69. The van der Waals surface area contributed by atoms with Crippen LogP contribution in [0.2, 0.25) is 0 Å². The fraction of sp³-hybridized carbons (Fsp3) is 0.538. The molecule has 0 aliphatic carbocycles. The van der Waals surface area contributed by atoms with Crippen molar-refractivity contribution in [3.8, 4) is 11.8 Å². The average Bonchev–Trinajstić information content (AvgIpc) is 2.77. The number of aliphatic hydroxyl groups is 1. The highest BCUT2D eigenvalue weighted by atomic mass is 32.1. The number of thiophene rings is 1. The van der Waals surface area contributed by atoms with Crippen molar-refractivity contribution < 1.29 is 14.6 Å². The molecular weight excluding hydrogens is 236 g/mol. The standard InChI is InChI=1S/C13H18O3S/c1-2-15-9-10-16-11-13-7-6-12(17-13)5-3-4-8-14/h6-7,14H,2,4,8-11H2,1H3. The van der Waals surface area contributed by atoms with Crippen molar-refractivity contribution in [1.82, 2.24) is 0 Å². The van der Waals surface area contributed by atoms with E-state index < -0.39 is 0 Å². The smallest absolute Gasteiger partial charge is 0.0810 e. The van der Waals surface area contributed by atoms with E-state index in [1.54, 1.807) is 11.3 Å². The van der Waals surface area contributed by atoms with Crippen LogP contribution in [-0.2, 0) is 16.1 Å². The molecule has 1 aromatic rings. The molecule has 0 spiro atoms. The average molecular weight is 254 g/mol. The maximum absolute atomic E-state index is 8.61. The molecule has 0 unspecified atom stereocenters. The van der Waals surface area contributed by atoms with E-state index in [9.17, 15) is 0 Å². The Morgan fingerprint density at radius 2 is 2.12 bits per heavy atom. The van der Waals surface area contributed by atoms with E-state index in [0.717, 1.165) is 16.4 Å². The molecule has 0 radical (unpaired) electrons. The first-order valence-electron chi connectivity index (χ1n) is 5.70. The van der Waals surface area contributed by atoms with Crippen LogP contribution in [-0.4, -0.2) is 31.5 Å². The molecule has 1 rings (SSSR count). The quantitative estimate of drug-likeness (QED) is 0.598. The summed E-state index contributed by atoms with van der Waals surface area (Å²) in [6, 6.07) is 4.00. The summed E-state index contributed by atoms with van der Waals surface area (Å²) >= 11 is 1.63. The zero-order valence-electron chi connectivity index (χ0n) is 10.1. The van der Waals surface area contributed by atoms with Gasteiger partial charge in [0.15, 0.2) is 0 Å². The molecule has 0 aromatic carbocycles. The maximum Gasteiger partial charge on any atom is 0.0810 e. The molecule has 0 bridgehead atoms. The third-order valence-corrected chi connectivity index (χ3v) is 2.90. The van der Waals surface area contributed by atoms with Crippen molar-refractivity contribution in [2.75, 3.05) is 26.4 Å². The van der Waals surface area contributed by atoms with Gasteiger partial charge in [0, 0.05) is 17.9 Å². The SMILES string of the molecule is CCOCCOCc1ccc(C#CCCO)s1. The van der Waals surface area contributed by atoms with E-state index in [4.69, 9.17) is 14.6 Å². The first-order valence-corrected chi connectivity index (χ1v) is 6.52. The van der Waals surface area contributed by atoms with E-state index in [-0.39, 0.29) is 6.61 Å². The van der Waals surface area contributed by atoms with Crippen molar-refractivity contribution in [1.29, 1.82) is 0 Å². The Bertz CT molecular complexity index is 362. The minimum atomic E-state index is 0.117. The molecule has 0 saturated heterocycles. The monoisotopic (exact) mass is 254 g/mol. The molecule has 1 heterocycles. The predicted octanol–water partition coefficient (Wildman–Crippen LogP) is 2.04. The fourth-order valence-corrected chi connectivity index (χ4v) is 1.98. The van der Waals surface area contributed by atoms with Crippen LogP contribution in [0.4, 0.5) is 0 Å². The lowest BCUT2D eigenvalue weighted by atomic mass is 10.4. The lowest BCUT2D eigenvalue weighted by molar-refractivity contribution is 0.0462. The fourth-order valence-electron chi connectivity index (χ4n) is 1.16. The van der Waals surface area contributed by atoms with Gasteiger partial charge in [-0.05, 0) is 19.1 Å². The van der Waals surface area contributed by atoms with Gasteiger partial charge in [0.05, 0.1) is 31.3 Å². The van der Waals surface area contributed by atoms with Crippen LogP contribution in [0.15, 0.2) is 12.1 Å². The van der Waals surface area contributed by atoms with Crippen LogP contribution in [0.5, 0.6) is 0 Å². The Morgan fingerprint density at radius 3 is 2.88 bits per heavy atom. The van der Waals surface area contributed by atoms with Gasteiger partial charge in [0.2, 0.25) is 0 Å². The van der Waals surface area contributed by atoms with Crippen LogP contribution < -0.4 is 0 Å². The highest BCUT2D eigenvalue weighted by molar-refractivity contribution is 7.12. The first kappa shape index (κ1) is 14.2. The Labute approximate surface area is 106 Å². The summed E-state index contributed by atoms with van der Waals surface area (Å²) in [6.07, 6.45) is 0.526. The van der Waals surface area contributed by atoms with Gasteiger partial charge in [-0.3, -0.25) is 0 Å². The third-order valence-electron chi connectivity index (χ3n) is 1.93. The van der Waals surface area contributed by atoms with Gasteiger partial charge in [-0.1, -0.05) is 11.8 Å². The normalized spacial score (nSPS) is 10.0. The summed E-state index contributed by atoms with van der Waals surface area (Å²) in [5.41, 5.74) is 0. The summed E-state index contributed by atoms with van der Waals surface area (Å²) in [4.78, 5) is 2.18. The molecule has 0 atom stereocenters. The second-order valence-corrected chi connectivity index (χ2v) is 4.46. The van der Waals surface area contributed by atoms with Gasteiger partial charge >= 0.3 is 0 Å². The Hall–Kier alpha value is -0.860. The van der Waals surface area contributed by atoms with Gasteiger partial charge in [-0.15, -0.1) is 11.3 Å². The van der Waals surface area contributed by atoms with Gasteiger partial charge in [0.1, 0.15) is 0 Å². The maximum atomic E-state index is 8.61. The lowest BCUT2D eigenvalue weighted by Gasteiger charge is -2.01. The van der Waals surface area contributed by atoms with E-state index in [1.807, 2.05) is 19.1 Å². The van der Waals surface area contributed by atoms with Crippen molar-refractivity contribution in [3.05, 3.63) is 21.9 Å². The third kappa shape index (κ3) is 6.44.